The lowest BCUT2D eigenvalue weighted by Gasteiger charge is -2.36. The molecule has 1 aromatic carbocycles. The summed E-state index contributed by atoms with van der Waals surface area (Å²) < 4.78 is 5.43. The average molecular weight is 552 g/mol. The number of rotatable bonds is 14. The topological polar surface area (TPSA) is 108 Å². The molecule has 8 nitrogen and oxygen atoms in total. The number of phenols is 1. The van der Waals surface area contributed by atoms with Gasteiger partial charge in [0.25, 0.3) is 0 Å². The van der Waals surface area contributed by atoms with Crippen LogP contribution in [-0.4, -0.2) is 63.6 Å². The van der Waals surface area contributed by atoms with Gasteiger partial charge in [0, 0.05) is 17.6 Å². The number of nitrogens with one attached hydrogen (secondary N) is 2. The van der Waals surface area contributed by atoms with E-state index in [9.17, 15) is 19.5 Å². The average Bonchev–Trinajstić information content (AvgIpc) is 2.79. The summed E-state index contributed by atoms with van der Waals surface area (Å²) >= 11 is 1.57. The minimum absolute atomic E-state index is 0.0638. The fraction of sp³-hybridized carbons (Fsp3) is 0.690. The van der Waals surface area contributed by atoms with E-state index in [1.165, 1.54) is 11.0 Å². The predicted molar refractivity (Wildman–Crippen MR) is 155 cm³/mol. The van der Waals surface area contributed by atoms with Crippen molar-refractivity contribution in [3.05, 3.63) is 29.8 Å². The summed E-state index contributed by atoms with van der Waals surface area (Å²) in [4.78, 5) is 42.1. The van der Waals surface area contributed by atoms with Crippen molar-refractivity contribution in [2.75, 3.05) is 18.6 Å². The molecular weight excluding hydrogens is 502 g/mol. The number of hydrogen-bond acceptors (Lipinski definition) is 6. The molecule has 0 fully saturated rings. The lowest BCUT2D eigenvalue weighted by molar-refractivity contribution is -0.143. The van der Waals surface area contributed by atoms with E-state index < -0.39 is 29.3 Å². The van der Waals surface area contributed by atoms with Crippen molar-refractivity contribution in [3.8, 4) is 5.75 Å². The van der Waals surface area contributed by atoms with Crippen molar-refractivity contribution in [1.29, 1.82) is 0 Å². The molecule has 0 saturated heterocycles. The molecule has 3 amide bonds. The molecule has 3 N–H and O–H groups in total. The Labute approximate surface area is 233 Å². The summed E-state index contributed by atoms with van der Waals surface area (Å²) in [6.07, 6.45) is 6.44. The minimum Gasteiger partial charge on any atom is -0.508 e. The van der Waals surface area contributed by atoms with Crippen molar-refractivity contribution in [2.24, 2.45) is 0 Å². The van der Waals surface area contributed by atoms with E-state index >= 15 is 0 Å². The fourth-order valence-electron chi connectivity index (χ4n) is 4.00. The number of hydrogen-bond donors (Lipinski definition) is 3. The number of para-hydroxylation sites is 1. The first-order chi connectivity index (χ1) is 17.7. The highest BCUT2D eigenvalue weighted by Gasteiger charge is 2.38. The Balaban J connectivity index is 3.49. The third-order valence-electron chi connectivity index (χ3n) is 5.67. The molecule has 216 valence electrons. The third-order valence-corrected chi connectivity index (χ3v) is 6.32. The number of carbonyl (C=O) groups excluding carboxylic acids is 3. The highest BCUT2D eigenvalue weighted by molar-refractivity contribution is 7.98. The SMILES string of the molecule is CCCCCCCN(C(=O)C(CCSC)NC(=O)OC(C)(C)C)C(C(=O)NC(C)(C)C)c1ccccc1O. The predicted octanol–water partition coefficient (Wildman–Crippen LogP) is 5.79. The molecule has 0 bridgehead atoms. The van der Waals surface area contributed by atoms with Crippen molar-refractivity contribution < 1.29 is 24.2 Å². The first-order valence-electron chi connectivity index (χ1n) is 13.6. The van der Waals surface area contributed by atoms with Crippen LogP contribution in [0, 0.1) is 0 Å². The van der Waals surface area contributed by atoms with E-state index in [4.69, 9.17) is 4.74 Å². The van der Waals surface area contributed by atoms with Crippen LogP contribution in [0.2, 0.25) is 0 Å². The van der Waals surface area contributed by atoms with E-state index in [0.29, 0.717) is 30.7 Å². The monoisotopic (exact) mass is 551 g/mol. The first-order valence-corrected chi connectivity index (χ1v) is 15.0. The van der Waals surface area contributed by atoms with Gasteiger partial charge in [0.05, 0.1) is 0 Å². The zero-order valence-corrected chi connectivity index (χ0v) is 25.4. The van der Waals surface area contributed by atoms with E-state index in [2.05, 4.69) is 17.6 Å². The maximum Gasteiger partial charge on any atom is 0.408 e. The lowest BCUT2D eigenvalue weighted by Crippen LogP contribution is -2.55. The van der Waals surface area contributed by atoms with E-state index in [1.807, 2.05) is 27.0 Å². The van der Waals surface area contributed by atoms with Gasteiger partial charge in [-0.1, -0.05) is 50.8 Å². The molecule has 0 heterocycles. The second kappa shape index (κ2) is 15.9. The second-order valence-corrected chi connectivity index (χ2v) is 12.6. The fourth-order valence-corrected chi connectivity index (χ4v) is 4.47. The van der Waals surface area contributed by atoms with Crippen LogP contribution in [-0.2, 0) is 14.3 Å². The maximum atomic E-state index is 14.2. The Kier molecular flexibility index (Phi) is 14.0. The smallest absolute Gasteiger partial charge is 0.408 e. The van der Waals surface area contributed by atoms with Crippen LogP contribution in [0.4, 0.5) is 4.79 Å². The Morgan fingerprint density at radius 1 is 1.03 bits per heavy atom. The molecule has 0 aliphatic carbocycles. The Morgan fingerprint density at radius 2 is 1.66 bits per heavy atom. The highest BCUT2D eigenvalue weighted by atomic mass is 32.2. The Hall–Kier alpha value is -2.42. The number of ether oxygens (including phenoxy) is 1. The van der Waals surface area contributed by atoms with E-state index in [1.54, 1.807) is 50.7 Å². The van der Waals surface area contributed by atoms with Crippen LogP contribution >= 0.6 is 11.8 Å². The standard InChI is InChI=1S/C29H49N3O5S/c1-9-10-11-12-15-19-32(26(35)22(18-20-38-8)30-27(36)37-29(5,6)7)24(25(34)31-28(2,3)4)21-16-13-14-17-23(21)33/h13-14,16-17,22,24,33H,9-12,15,18-20H2,1-8H3,(H,30,36)(H,31,34). The van der Waals surface area contributed by atoms with Gasteiger partial charge in [0.2, 0.25) is 11.8 Å². The Bertz CT molecular complexity index is 895. The van der Waals surface area contributed by atoms with Crippen molar-refractivity contribution in [3.63, 3.8) is 0 Å². The molecule has 0 radical (unpaired) electrons. The third kappa shape index (κ3) is 12.4. The minimum atomic E-state index is -1.06. The normalized spacial score (nSPS) is 13.4. The summed E-state index contributed by atoms with van der Waals surface area (Å²) in [5, 5.41) is 16.5. The molecule has 0 aromatic heterocycles. The summed E-state index contributed by atoms with van der Waals surface area (Å²) in [5.41, 5.74) is -0.930. The lowest BCUT2D eigenvalue weighted by atomic mass is 9.99. The molecule has 38 heavy (non-hydrogen) atoms. The van der Waals surface area contributed by atoms with Crippen LogP contribution in [0.1, 0.15) is 98.6 Å². The number of alkyl carbamates (subject to hydrolysis) is 1. The number of nitrogens with zero attached hydrogens (tertiary/aromatic N) is 1. The summed E-state index contributed by atoms with van der Waals surface area (Å²) in [6, 6.07) is 4.65. The number of aromatic hydroxyl groups is 1. The summed E-state index contributed by atoms with van der Waals surface area (Å²) in [6.45, 7) is 13.3. The zero-order valence-electron chi connectivity index (χ0n) is 24.6. The molecule has 2 unspecified atom stereocenters. The van der Waals surface area contributed by atoms with Gasteiger partial charge in [0.15, 0.2) is 0 Å². The molecule has 1 rings (SSSR count). The first kappa shape index (κ1) is 33.6. The summed E-state index contributed by atoms with van der Waals surface area (Å²) in [7, 11) is 0. The Morgan fingerprint density at radius 3 is 2.21 bits per heavy atom. The molecular formula is C29H49N3O5S. The van der Waals surface area contributed by atoms with E-state index in [0.717, 1.165) is 25.7 Å². The van der Waals surface area contributed by atoms with Gasteiger partial charge in [-0.05, 0) is 72.5 Å². The van der Waals surface area contributed by atoms with Gasteiger partial charge >= 0.3 is 6.09 Å². The van der Waals surface area contributed by atoms with Crippen LogP contribution in [0.25, 0.3) is 0 Å². The molecule has 1 aromatic rings. The molecule has 0 aliphatic rings. The van der Waals surface area contributed by atoms with Crippen molar-refractivity contribution in [2.45, 2.75) is 110 Å². The molecule has 0 spiro atoms. The number of unbranched alkanes of at least 4 members (excludes halogenated alkanes) is 4. The molecule has 0 aliphatic heterocycles. The number of phenolic OH excluding ortho intramolecular Hbond substituents is 1. The van der Waals surface area contributed by atoms with E-state index in [-0.39, 0.29) is 17.6 Å². The van der Waals surface area contributed by atoms with Crippen LogP contribution in [0.15, 0.2) is 24.3 Å². The van der Waals surface area contributed by atoms with Gasteiger partial charge in [-0.3, -0.25) is 9.59 Å². The van der Waals surface area contributed by atoms with Crippen LogP contribution < -0.4 is 10.6 Å². The largest absolute Gasteiger partial charge is 0.508 e. The van der Waals surface area contributed by atoms with Crippen molar-refractivity contribution >= 4 is 29.7 Å². The van der Waals surface area contributed by atoms with Gasteiger partial charge in [-0.2, -0.15) is 11.8 Å². The quantitative estimate of drug-likeness (QED) is 0.253. The number of amides is 3. The zero-order chi connectivity index (χ0) is 28.9. The van der Waals surface area contributed by atoms with Gasteiger partial charge in [-0.25, -0.2) is 4.79 Å². The molecule has 2 atom stereocenters. The second-order valence-electron chi connectivity index (χ2n) is 11.6. The highest BCUT2D eigenvalue weighted by Crippen LogP contribution is 2.31. The van der Waals surface area contributed by atoms with Crippen LogP contribution in [0.5, 0.6) is 5.75 Å². The molecule has 0 saturated carbocycles. The van der Waals surface area contributed by atoms with Crippen LogP contribution in [0.3, 0.4) is 0 Å². The van der Waals surface area contributed by atoms with Gasteiger partial charge < -0.3 is 25.4 Å². The molecule has 9 heteroatoms. The van der Waals surface area contributed by atoms with Gasteiger partial charge in [-0.15, -0.1) is 0 Å². The maximum absolute atomic E-state index is 14.2. The number of carbonyl (C=O) groups is 3. The van der Waals surface area contributed by atoms with Gasteiger partial charge in [0.1, 0.15) is 23.4 Å². The number of thioether (sulfide) groups is 1. The number of benzene rings is 1. The van der Waals surface area contributed by atoms with Crippen molar-refractivity contribution in [1.82, 2.24) is 15.5 Å². The summed E-state index contributed by atoms with van der Waals surface area (Å²) in [5.74, 6) is -0.197.